The van der Waals surface area contributed by atoms with Crippen molar-refractivity contribution in [3.8, 4) is 0 Å². The van der Waals surface area contributed by atoms with Gasteiger partial charge in [0.15, 0.2) is 0 Å². The molecule has 20 heavy (non-hydrogen) atoms. The van der Waals surface area contributed by atoms with Gasteiger partial charge in [0, 0.05) is 39.7 Å². The molecule has 2 rings (SSSR count). The summed E-state index contributed by atoms with van der Waals surface area (Å²) < 4.78 is 11.3. The minimum atomic E-state index is -0.908. The molecular weight excluding hydrogens is 292 g/mol. The Balaban J connectivity index is 2.15. The normalized spacial score (nSPS) is 13.8. The molecule has 2 atom stereocenters. The van der Waals surface area contributed by atoms with Crippen molar-refractivity contribution in [1.29, 1.82) is 0 Å². The van der Waals surface area contributed by atoms with Crippen LogP contribution in [0, 0.1) is 0 Å². The molecule has 0 unspecified atom stereocenters. The first-order valence-electron chi connectivity index (χ1n) is 6.32. The van der Waals surface area contributed by atoms with E-state index in [4.69, 9.17) is 11.6 Å². The van der Waals surface area contributed by atoms with Gasteiger partial charge < -0.3 is 5.32 Å². The highest BCUT2D eigenvalue weighted by Crippen LogP contribution is 2.24. The van der Waals surface area contributed by atoms with E-state index in [0.717, 1.165) is 16.9 Å². The van der Waals surface area contributed by atoms with Crippen molar-refractivity contribution in [3.63, 3.8) is 0 Å². The molecule has 1 heterocycles. The summed E-state index contributed by atoms with van der Waals surface area (Å²) in [6.07, 6.45) is 3.45. The molecule has 3 nitrogen and oxygen atoms in total. The van der Waals surface area contributed by atoms with Crippen molar-refractivity contribution >= 4 is 28.1 Å². The number of aromatic nitrogens is 1. The standard InChI is InChI=1S/C15H17ClN2OS/c1-11(15-5-3-4-8-17-15)18-13-6-7-14(16)12(9-13)10-20(2)19/h3-9,11,18H,10H2,1-2H3/t11-,20-/m1/s1. The van der Waals surface area contributed by atoms with E-state index in [1.807, 2.05) is 36.4 Å². The van der Waals surface area contributed by atoms with Crippen molar-refractivity contribution in [2.45, 2.75) is 18.7 Å². The van der Waals surface area contributed by atoms with Gasteiger partial charge in [0.2, 0.25) is 0 Å². The van der Waals surface area contributed by atoms with Gasteiger partial charge in [0.05, 0.1) is 11.7 Å². The molecule has 0 aliphatic carbocycles. The van der Waals surface area contributed by atoms with Crippen molar-refractivity contribution in [1.82, 2.24) is 4.98 Å². The lowest BCUT2D eigenvalue weighted by Crippen LogP contribution is -2.08. The molecule has 0 fully saturated rings. The average molecular weight is 309 g/mol. The summed E-state index contributed by atoms with van der Waals surface area (Å²) in [5.74, 6) is 0.465. The van der Waals surface area contributed by atoms with Crippen LogP contribution in [0.4, 0.5) is 5.69 Å². The Bertz CT molecular complexity index is 604. The lowest BCUT2D eigenvalue weighted by atomic mass is 10.1. The monoisotopic (exact) mass is 308 g/mol. The molecule has 5 heteroatoms. The van der Waals surface area contributed by atoms with E-state index in [0.29, 0.717) is 10.8 Å². The zero-order valence-electron chi connectivity index (χ0n) is 11.5. The summed E-state index contributed by atoms with van der Waals surface area (Å²) in [4.78, 5) is 4.33. The van der Waals surface area contributed by atoms with Crippen LogP contribution in [0.15, 0.2) is 42.6 Å². The molecule has 0 saturated carbocycles. The molecule has 0 radical (unpaired) electrons. The van der Waals surface area contributed by atoms with Crippen molar-refractivity contribution < 1.29 is 4.21 Å². The van der Waals surface area contributed by atoms with E-state index in [1.54, 1.807) is 12.5 Å². The molecule has 0 aliphatic rings. The second kappa shape index (κ2) is 6.86. The number of nitrogens with one attached hydrogen (secondary N) is 1. The maximum Gasteiger partial charge on any atom is 0.0657 e. The van der Waals surface area contributed by atoms with Gasteiger partial charge in [-0.15, -0.1) is 0 Å². The van der Waals surface area contributed by atoms with Gasteiger partial charge >= 0.3 is 0 Å². The summed E-state index contributed by atoms with van der Waals surface area (Å²) in [5, 5.41) is 4.03. The number of nitrogens with zero attached hydrogens (tertiary/aromatic N) is 1. The van der Waals surface area contributed by atoms with Crippen molar-refractivity contribution in [3.05, 3.63) is 58.9 Å². The van der Waals surface area contributed by atoms with E-state index in [1.165, 1.54) is 0 Å². The number of halogens is 1. The number of hydrogen-bond donors (Lipinski definition) is 1. The molecular formula is C15H17ClN2OS. The van der Waals surface area contributed by atoms with E-state index in [2.05, 4.69) is 17.2 Å². The van der Waals surface area contributed by atoms with Crippen LogP contribution < -0.4 is 5.32 Å². The third-order valence-corrected chi connectivity index (χ3v) is 4.01. The minimum absolute atomic E-state index is 0.0948. The Morgan fingerprint density at radius 1 is 1.35 bits per heavy atom. The molecule has 0 aliphatic heterocycles. The Morgan fingerprint density at radius 3 is 2.80 bits per heavy atom. The molecule has 2 aromatic rings. The predicted octanol–water partition coefficient (Wildman–Crippen LogP) is 3.79. The third-order valence-electron chi connectivity index (χ3n) is 2.92. The van der Waals surface area contributed by atoms with Crippen LogP contribution in [0.2, 0.25) is 5.02 Å². The first-order chi connectivity index (χ1) is 9.56. The van der Waals surface area contributed by atoms with Crippen molar-refractivity contribution in [2.75, 3.05) is 11.6 Å². The van der Waals surface area contributed by atoms with Crippen LogP contribution in [0.5, 0.6) is 0 Å². The van der Waals surface area contributed by atoms with Gasteiger partial charge in [-0.25, -0.2) is 0 Å². The molecule has 0 saturated heterocycles. The summed E-state index contributed by atoms with van der Waals surface area (Å²) in [6, 6.07) is 11.6. The Labute approximate surface area is 126 Å². The number of rotatable bonds is 5. The smallest absolute Gasteiger partial charge is 0.0657 e. The van der Waals surface area contributed by atoms with Crippen molar-refractivity contribution in [2.24, 2.45) is 0 Å². The van der Waals surface area contributed by atoms with Crippen LogP contribution in [-0.4, -0.2) is 15.4 Å². The molecule has 106 valence electrons. The first kappa shape index (κ1) is 15.0. The second-order valence-electron chi connectivity index (χ2n) is 4.64. The Kier molecular flexibility index (Phi) is 5.15. The van der Waals surface area contributed by atoms with Gasteiger partial charge in [-0.3, -0.25) is 9.19 Å². The number of pyridine rings is 1. The van der Waals surface area contributed by atoms with E-state index < -0.39 is 10.8 Å². The van der Waals surface area contributed by atoms with E-state index >= 15 is 0 Å². The topological polar surface area (TPSA) is 42.0 Å². The SMILES string of the molecule is C[C@@H](Nc1ccc(Cl)c(C[S@@](C)=O)c1)c1ccccn1. The Hall–Kier alpha value is -1.39. The van der Waals surface area contributed by atoms with Crippen LogP contribution in [0.1, 0.15) is 24.2 Å². The number of anilines is 1. The van der Waals surface area contributed by atoms with Crippen LogP contribution in [0.3, 0.4) is 0 Å². The summed E-state index contributed by atoms with van der Waals surface area (Å²) in [6.45, 7) is 2.05. The fourth-order valence-electron chi connectivity index (χ4n) is 1.95. The summed E-state index contributed by atoms with van der Waals surface area (Å²) in [7, 11) is -0.908. The summed E-state index contributed by atoms with van der Waals surface area (Å²) >= 11 is 6.12. The van der Waals surface area contributed by atoms with Gasteiger partial charge in [-0.1, -0.05) is 17.7 Å². The molecule has 0 spiro atoms. The molecule has 1 aromatic carbocycles. The first-order valence-corrected chi connectivity index (χ1v) is 8.42. The van der Waals surface area contributed by atoms with Gasteiger partial charge in [0.25, 0.3) is 0 Å². The third kappa shape index (κ3) is 4.05. The Morgan fingerprint density at radius 2 is 2.15 bits per heavy atom. The molecule has 1 aromatic heterocycles. The largest absolute Gasteiger partial charge is 0.377 e. The molecule has 1 N–H and O–H groups in total. The highest BCUT2D eigenvalue weighted by Gasteiger charge is 2.08. The van der Waals surface area contributed by atoms with Gasteiger partial charge in [0.1, 0.15) is 0 Å². The fraction of sp³-hybridized carbons (Fsp3) is 0.267. The lowest BCUT2D eigenvalue weighted by Gasteiger charge is -2.16. The minimum Gasteiger partial charge on any atom is -0.377 e. The fourth-order valence-corrected chi connectivity index (χ4v) is 2.89. The zero-order valence-corrected chi connectivity index (χ0v) is 13.0. The maximum absolute atomic E-state index is 11.3. The van der Waals surface area contributed by atoms with E-state index in [9.17, 15) is 4.21 Å². The zero-order chi connectivity index (χ0) is 14.5. The maximum atomic E-state index is 11.3. The second-order valence-corrected chi connectivity index (χ2v) is 6.49. The highest BCUT2D eigenvalue weighted by molar-refractivity contribution is 7.83. The summed E-state index contributed by atoms with van der Waals surface area (Å²) in [5.41, 5.74) is 2.82. The van der Waals surface area contributed by atoms with E-state index in [-0.39, 0.29) is 6.04 Å². The molecule has 0 bridgehead atoms. The quantitative estimate of drug-likeness (QED) is 0.914. The number of hydrogen-bond acceptors (Lipinski definition) is 3. The van der Waals surface area contributed by atoms with Crippen LogP contribution >= 0.6 is 11.6 Å². The lowest BCUT2D eigenvalue weighted by molar-refractivity contribution is 0.686. The molecule has 0 amide bonds. The van der Waals surface area contributed by atoms with Crippen LogP contribution in [-0.2, 0) is 16.6 Å². The number of benzene rings is 1. The highest BCUT2D eigenvalue weighted by atomic mass is 35.5. The predicted molar refractivity (Wildman–Crippen MR) is 85.5 cm³/mol. The van der Waals surface area contributed by atoms with Gasteiger partial charge in [-0.05, 0) is 42.8 Å². The van der Waals surface area contributed by atoms with Crippen LogP contribution in [0.25, 0.3) is 0 Å². The van der Waals surface area contributed by atoms with Gasteiger partial charge in [-0.2, -0.15) is 0 Å². The average Bonchev–Trinajstić information content (AvgIpc) is 2.43.